The smallest absolute Gasteiger partial charge is 0.417 e. The molecule has 2 aliphatic rings. The lowest BCUT2D eigenvalue weighted by molar-refractivity contribution is -0.137. The van der Waals surface area contributed by atoms with Gasteiger partial charge in [0, 0.05) is 55.9 Å². The largest absolute Gasteiger partial charge is 0.474 e. The molecule has 1 aromatic carbocycles. The molecule has 4 rings (SSSR count). The third kappa shape index (κ3) is 7.68. The van der Waals surface area contributed by atoms with Crippen LogP contribution in [0.3, 0.4) is 0 Å². The SMILES string of the molecule is CC(C)(C)OC(=O)N1CCN(c2ccnc(OC3CCC(Nc4ccc(C#N)c(C(F)(F)F)c4)CC3)c2)CC1. The normalized spacial score (nSPS) is 20.2. The highest BCUT2D eigenvalue weighted by Crippen LogP contribution is 2.34. The number of aromatic nitrogens is 1. The number of hydrogen-bond acceptors (Lipinski definition) is 7. The average molecular weight is 546 g/mol. The summed E-state index contributed by atoms with van der Waals surface area (Å²) in [6.45, 7) is 8.03. The molecule has 8 nitrogen and oxygen atoms in total. The minimum Gasteiger partial charge on any atom is -0.474 e. The van der Waals surface area contributed by atoms with E-state index < -0.39 is 17.3 Å². The number of halogens is 3. The Balaban J connectivity index is 1.27. The number of ether oxygens (including phenoxy) is 2. The highest BCUT2D eigenvalue weighted by atomic mass is 19.4. The molecule has 1 amide bonds. The first kappa shape index (κ1) is 28.3. The first-order valence-corrected chi connectivity index (χ1v) is 13.1. The van der Waals surface area contributed by atoms with Gasteiger partial charge >= 0.3 is 12.3 Å². The lowest BCUT2D eigenvalue weighted by Crippen LogP contribution is -2.50. The van der Waals surface area contributed by atoms with E-state index in [1.807, 2.05) is 32.9 Å². The molecule has 39 heavy (non-hydrogen) atoms. The van der Waals surface area contributed by atoms with Crippen molar-refractivity contribution in [2.75, 3.05) is 36.4 Å². The minimum atomic E-state index is -4.58. The molecule has 0 spiro atoms. The number of alkyl halides is 3. The Morgan fingerprint density at radius 2 is 1.74 bits per heavy atom. The number of benzene rings is 1. The van der Waals surface area contributed by atoms with Gasteiger partial charge in [-0.15, -0.1) is 0 Å². The molecule has 210 valence electrons. The first-order valence-electron chi connectivity index (χ1n) is 13.1. The number of piperazine rings is 1. The van der Waals surface area contributed by atoms with Crippen LogP contribution in [-0.2, 0) is 10.9 Å². The number of nitriles is 1. The predicted molar refractivity (Wildman–Crippen MR) is 141 cm³/mol. The zero-order valence-corrected chi connectivity index (χ0v) is 22.4. The molecule has 0 radical (unpaired) electrons. The number of nitrogens with one attached hydrogen (secondary N) is 1. The number of carbonyl (C=O) groups is 1. The lowest BCUT2D eigenvalue weighted by atomic mass is 9.92. The number of rotatable bonds is 5. The fourth-order valence-electron chi connectivity index (χ4n) is 4.83. The molecule has 1 aromatic heterocycles. The van der Waals surface area contributed by atoms with E-state index in [2.05, 4.69) is 15.2 Å². The Bertz CT molecular complexity index is 1190. The average Bonchev–Trinajstić information content (AvgIpc) is 2.88. The molecule has 2 aromatic rings. The van der Waals surface area contributed by atoms with Gasteiger partial charge in [0.2, 0.25) is 5.88 Å². The van der Waals surface area contributed by atoms with E-state index in [1.165, 1.54) is 12.1 Å². The van der Waals surface area contributed by atoms with Crippen LogP contribution in [0.15, 0.2) is 36.5 Å². The molecule has 1 aliphatic carbocycles. The summed E-state index contributed by atoms with van der Waals surface area (Å²) in [5.74, 6) is 0.528. The zero-order chi connectivity index (χ0) is 28.2. The molecule has 0 atom stereocenters. The number of pyridine rings is 1. The van der Waals surface area contributed by atoms with Crippen LogP contribution in [0.1, 0.15) is 57.6 Å². The topological polar surface area (TPSA) is 90.7 Å². The second-order valence-corrected chi connectivity index (χ2v) is 10.9. The zero-order valence-electron chi connectivity index (χ0n) is 22.4. The van der Waals surface area contributed by atoms with E-state index in [1.54, 1.807) is 17.2 Å². The van der Waals surface area contributed by atoms with Crippen LogP contribution in [0.2, 0.25) is 0 Å². The van der Waals surface area contributed by atoms with Crippen molar-refractivity contribution in [2.45, 2.75) is 70.4 Å². The molecule has 2 heterocycles. The van der Waals surface area contributed by atoms with Crippen molar-refractivity contribution >= 4 is 17.5 Å². The van der Waals surface area contributed by atoms with Crippen molar-refractivity contribution in [3.63, 3.8) is 0 Å². The molecule has 1 saturated heterocycles. The van der Waals surface area contributed by atoms with E-state index in [9.17, 15) is 18.0 Å². The Kier molecular flexibility index (Phi) is 8.42. The van der Waals surface area contributed by atoms with Crippen molar-refractivity contribution in [1.29, 1.82) is 5.26 Å². The standard InChI is InChI=1S/C28H34F3N5O3/c1-27(2,3)39-26(37)36-14-12-35(13-15-36)22-10-11-33-25(17-22)38-23-8-6-20(7-9-23)34-21-5-4-19(18-32)24(16-21)28(29,30)31/h4-5,10-11,16-17,20,23,34H,6-9,12-15H2,1-3H3. The Morgan fingerprint density at radius 1 is 1.05 bits per heavy atom. The Hall–Kier alpha value is -3.68. The molecule has 0 bridgehead atoms. The fraction of sp³-hybridized carbons (Fsp3) is 0.536. The van der Waals surface area contributed by atoms with Gasteiger partial charge in [-0.05, 0) is 70.7 Å². The molecule has 1 saturated carbocycles. The molecular formula is C28H34F3N5O3. The third-order valence-electron chi connectivity index (χ3n) is 6.79. The summed E-state index contributed by atoms with van der Waals surface area (Å²) in [5, 5.41) is 12.2. The van der Waals surface area contributed by atoms with Crippen molar-refractivity contribution in [3.05, 3.63) is 47.7 Å². The van der Waals surface area contributed by atoms with Crippen molar-refractivity contribution in [1.82, 2.24) is 9.88 Å². The predicted octanol–water partition coefficient (Wildman–Crippen LogP) is 5.83. The molecule has 1 aliphatic heterocycles. The summed E-state index contributed by atoms with van der Waals surface area (Å²) in [5.41, 5.74) is -0.512. The van der Waals surface area contributed by atoms with Gasteiger partial charge in [0.05, 0.1) is 17.2 Å². The third-order valence-corrected chi connectivity index (χ3v) is 6.79. The lowest BCUT2D eigenvalue weighted by Gasteiger charge is -2.36. The quantitative estimate of drug-likeness (QED) is 0.505. The molecule has 0 unspecified atom stereocenters. The van der Waals surface area contributed by atoms with Crippen molar-refractivity contribution in [2.24, 2.45) is 0 Å². The maximum atomic E-state index is 13.3. The van der Waals surface area contributed by atoms with E-state index >= 15 is 0 Å². The van der Waals surface area contributed by atoms with Crippen molar-refractivity contribution < 1.29 is 27.4 Å². The number of carbonyl (C=O) groups excluding carboxylic acids is 1. The van der Waals surface area contributed by atoms with E-state index in [4.69, 9.17) is 14.7 Å². The van der Waals surface area contributed by atoms with Gasteiger partial charge in [-0.25, -0.2) is 9.78 Å². The van der Waals surface area contributed by atoms with Crippen LogP contribution in [0.5, 0.6) is 5.88 Å². The van der Waals surface area contributed by atoms with Crippen LogP contribution in [0.25, 0.3) is 0 Å². The molecule has 1 N–H and O–H groups in total. The fourth-order valence-corrected chi connectivity index (χ4v) is 4.83. The van der Waals surface area contributed by atoms with E-state index in [0.717, 1.165) is 37.4 Å². The Labute approximate surface area is 226 Å². The van der Waals surface area contributed by atoms with Crippen LogP contribution in [-0.4, -0.2) is 59.9 Å². The maximum absolute atomic E-state index is 13.3. The van der Waals surface area contributed by atoms with Gasteiger partial charge in [-0.2, -0.15) is 18.4 Å². The Morgan fingerprint density at radius 3 is 2.36 bits per heavy atom. The maximum Gasteiger partial charge on any atom is 0.417 e. The van der Waals surface area contributed by atoms with Gasteiger partial charge in [0.25, 0.3) is 0 Å². The van der Waals surface area contributed by atoms with Crippen LogP contribution in [0, 0.1) is 11.3 Å². The van der Waals surface area contributed by atoms with Gasteiger partial charge in [-0.3, -0.25) is 0 Å². The van der Waals surface area contributed by atoms with Crippen molar-refractivity contribution in [3.8, 4) is 11.9 Å². The summed E-state index contributed by atoms with van der Waals surface area (Å²) >= 11 is 0. The summed E-state index contributed by atoms with van der Waals surface area (Å²) in [7, 11) is 0. The first-order chi connectivity index (χ1) is 18.4. The monoisotopic (exact) mass is 545 g/mol. The second kappa shape index (κ2) is 11.6. The molecule has 11 heteroatoms. The van der Waals surface area contributed by atoms with Gasteiger partial charge in [-0.1, -0.05) is 0 Å². The number of nitrogens with zero attached hydrogens (tertiary/aromatic N) is 4. The highest BCUT2D eigenvalue weighted by molar-refractivity contribution is 5.68. The number of anilines is 2. The summed E-state index contributed by atoms with van der Waals surface area (Å²) < 4.78 is 51.5. The number of hydrogen-bond donors (Lipinski definition) is 1. The second-order valence-electron chi connectivity index (χ2n) is 10.9. The summed E-state index contributed by atoms with van der Waals surface area (Å²) in [6.07, 6.45) is -0.270. The van der Waals surface area contributed by atoms with Crippen LogP contribution in [0.4, 0.5) is 29.3 Å². The van der Waals surface area contributed by atoms with Crippen LogP contribution >= 0.6 is 0 Å². The minimum absolute atomic E-state index is 0.0134. The molecular weight excluding hydrogens is 511 g/mol. The number of amides is 1. The van der Waals surface area contributed by atoms with Crippen LogP contribution < -0.4 is 15.0 Å². The van der Waals surface area contributed by atoms with E-state index in [0.29, 0.717) is 37.7 Å². The molecule has 2 fully saturated rings. The van der Waals surface area contributed by atoms with Gasteiger partial charge < -0.3 is 24.6 Å². The highest BCUT2D eigenvalue weighted by Gasteiger charge is 2.34. The summed E-state index contributed by atoms with van der Waals surface area (Å²) in [6, 6.07) is 9.17. The van der Waals surface area contributed by atoms with Gasteiger partial charge in [0.15, 0.2) is 0 Å². The van der Waals surface area contributed by atoms with Gasteiger partial charge in [0.1, 0.15) is 11.7 Å². The summed E-state index contributed by atoms with van der Waals surface area (Å²) in [4.78, 5) is 20.6. The van der Waals surface area contributed by atoms with E-state index in [-0.39, 0.29) is 23.8 Å².